The molecule has 1 amide bonds. The van der Waals surface area contributed by atoms with Gasteiger partial charge in [-0.25, -0.2) is 8.42 Å². The largest absolute Gasteiger partial charge is 0.411 e. The van der Waals surface area contributed by atoms with Crippen LogP contribution in [-0.4, -0.2) is 26.0 Å². The molecule has 2 rings (SSSR count). The summed E-state index contributed by atoms with van der Waals surface area (Å²) in [5, 5.41) is 1.91. The van der Waals surface area contributed by atoms with Crippen molar-refractivity contribution in [1.82, 2.24) is 5.32 Å². The summed E-state index contributed by atoms with van der Waals surface area (Å²) in [6.07, 6.45) is -4.94. The Labute approximate surface area is 131 Å². The van der Waals surface area contributed by atoms with E-state index in [1.165, 1.54) is 6.07 Å². The molecule has 1 aliphatic rings. The van der Waals surface area contributed by atoms with Gasteiger partial charge in [0.05, 0.1) is 4.90 Å². The molecule has 116 valence electrons. The fourth-order valence-corrected chi connectivity index (χ4v) is 3.18. The number of hydrogen-bond acceptors (Lipinski definition) is 3. The van der Waals surface area contributed by atoms with Crippen molar-refractivity contribution in [2.24, 2.45) is 0 Å². The van der Waals surface area contributed by atoms with Crippen molar-refractivity contribution >= 4 is 41.6 Å². The molecule has 0 atom stereocenters. The molecule has 21 heavy (non-hydrogen) atoms. The first-order chi connectivity index (χ1) is 9.45. The van der Waals surface area contributed by atoms with Crippen molar-refractivity contribution < 1.29 is 26.4 Å². The molecule has 0 bridgehead atoms. The van der Waals surface area contributed by atoms with Gasteiger partial charge in [0.2, 0.25) is 0 Å². The van der Waals surface area contributed by atoms with E-state index in [-0.39, 0.29) is 27.8 Å². The van der Waals surface area contributed by atoms with E-state index in [1.807, 2.05) is 5.32 Å². The Morgan fingerprint density at radius 1 is 1.29 bits per heavy atom. The highest BCUT2D eigenvalue weighted by atomic mass is 79.9. The molecule has 0 unspecified atom stereocenters. The van der Waals surface area contributed by atoms with Crippen LogP contribution in [0.2, 0.25) is 0 Å². The molecule has 1 aromatic carbocycles. The van der Waals surface area contributed by atoms with Gasteiger partial charge in [-0.3, -0.25) is 4.79 Å². The average molecular weight is 407 g/mol. The highest BCUT2D eigenvalue weighted by molar-refractivity contribution is 9.10. The number of carbonyl (C=O) groups is 1. The van der Waals surface area contributed by atoms with Crippen molar-refractivity contribution in [1.29, 1.82) is 0 Å². The summed E-state index contributed by atoms with van der Waals surface area (Å²) >= 11 is 2.98. The molecule has 0 radical (unpaired) electrons. The number of hydrogen-bond donors (Lipinski definition) is 1. The first-order valence-corrected chi connectivity index (χ1v) is 8.69. The van der Waals surface area contributed by atoms with Crippen LogP contribution in [0.5, 0.6) is 0 Å². The Hall–Kier alpha value is -0.800. The lowest BCUT2D eigenvalue weighted by Gasteiger charge is -2.20. The van der Waals surface area contributed by atoms with Gasteiger partial charge in [0.15, 0.2) is 0 Å². The molecule has 1 saturated carbocycles. The molecule has 0 heterocycles. The van der Waals surface area contributed by atoms with Gasteiger partial charge in [0.1, 0.15) is 5.54 Å². The monoisotopic (exact) mass is 405 g/mol. The second-order valence-corrected chi connectivity index (χ2v) is 8.13. The minimum atomic E-state index is -4.55. The molecule has 0 aliphatic heterocycles. The number of rotatable bonds is 3. The van der Waals surface area contributed by atoms with Crippen molar-refractivity contribution in [2.75, 3.05) is 0 Å². The van der Waals surface area contributed by atoms with Gasteiger partial charge in [0, 0.05) is 20.7 Å². The number of alkyl halides is 3. The third-order valence-electron chi connectivity index (χ3n) is 3.06. The average Bonchev–Trinajstić information content (AvgIpc) is 3.07. The predicted octanol–water partition coefficient (Wildman–Crippen LogP) is 3.20. The van der Waals surface area contributed by atoms with Gasteiger partial charge in [0.25, 0.3) is 15.0 Å². The van der Waals surface area contributed by atoms with Crippen LogP contribution in [0.4, 0.5) is 13.2 Å². The summed E-state index contributed by atoms with van der Waals surface area (Å²) in [6, 6.07) is 3.29. The summed E-state index contributed by atoms with van der Waals surface area (Å²) in [7, 11) is 1.07. The third-order valence-corrected chi connectivity index (χ3v) is 4.85. The smallest absolute Gasteiger partial charge is 0.338 e. The van der Waals surface area contributed by atoms with E-state index in [0.717, 1.165) is 12.1 Å². The lowest BCUT2D eigenvalue weighted by Crippen LogP contribution is -2.47. The summed E-state index contributed by atoms with van der Waals surface area (Å²) in [5.41, 5.74) is -2.44. The molecule has 1 aromatic rings. The Morgan fingerprint density at radius 3 is 2.29 bits per heavy atom. The van der Waals surface area contributed by atoms with Crippen molar-refractivity contribution in [2.45, 2.75) is 29.5 Å². The number of benzene rings is 1. The number of amides is 1. The van der Waals surface area contributed by atoms with E-state index in [9.17, 15) is 26.4 Å². The van der Waals surface area contributed by atoms with Crippen molar-refractivity contribution in [3.8, 4) is 0 Å². The Balaban J connectivity index is 2.31. The Kier molecular flexibility index (Phi) is 4.05. The van der Waals surface area contributed by atoms with Gasteiger partial charge in [-0.2, -0.15) is 13.2 Å². The van der Waals surface area contributed by atoms with Crippen LogP contribution < -0.4 is 5.32 Å². The zero-order valence-corrected chi connectivity index (χ0v) is 13.3. The maximum Gasteiger partial charge on any atom is 0.411 e. The molecule has 0 aromatic heterocycles. The second kappa shape index (κ2) is 5.13. The van der Waals surface area contributed by atoms with Gasteiger partial charge in [-0.1, -0.05) is 15.9 Å². The fourth-order valence-electron chi connectivity index (χ4n) is 1.73. The van der Waals surface area contributed by atoms with Gasteiger partial charge < -0.3 is 5.32 Å². The molecule has 1 aliphatic carbocycles. The highest BCUT2D eigenvalue weighted by Gasteiger charge is 2.64. The molecule has 0 saturated heterocycles. The van der Waals surface area contributed by atoms with E-state index < -0.39 is 26.7 Å². The standard InChI is InChI=1S/C11H8BrClF3NO3S/c12-7-3-6(4-8(5-7)21(13,19)20)9(18)17-10(1-2-10)11(14,15)16/h3-5H,1-2H2,(H,17,18). The molecule has 10 heteroatoms. The van der Waals surface area contributed by atoms with Crippen LogP contribution in [0, 0.1) is 0 Å². The lowest BCUT2D eigenvalue weighted by molar-refractivity contribution is -0.163. The summed E-state index contributed by atoms with van der Waals surface area (Å²) in [5.74, 6) is -1.01. The van der Waals surface area contributed by atoms with Gasteiger partial charge >= 0.3 is 6.18 Å². The Bertz CT molecular complexity index is 701. The van der Waals surface area contributed by atoms with Crippen LogP contribution in [0.3, 0.4) is 0 Å². The van der Waals surface area contributed by atoms with Gasteiger partial charge in [-0.15, -0.1) is 0 Å². The van der Waals surface area contributed by atoms with E-state index in [2.05, 4.69) is 15.9 Å². The number of halogens is 5. The van der Waals surface area contributed by atoms with Crippen LogP contribution >= 0.6 is 26.6 Å². The van der Waals surface area contributed by atoms with E-state index in [0.29, 0.717) is 0 Å². The first kappa shape index (κ1) is 16.6. The van der Waals surface area contributed by atoms with Gasteiger partial charge in [-0.05, 0) is 31.0 Å². The van der Waals surface area contributed by atoms with E-state index in [1.54, 1.807) is 0 Å². The molecule has 0 spiro atoms. The van der Waals surface area contributed by atoms with Crippen molar-refractivity contribution in [3.63, 3.8) is 0 Å². The lowest BCUT2D eigenvalue weighted by atomic mass is 10.2. The second-order valence-electron chi connectivity index (χ2n) is 4.65. The molecular formula is C11H8BrClF3NO3S. The van der Waals surface area contributed by atoms with E-state index in [4.69, 9.17) is 10.7 Å². The quantitative estimate of drug-likeness (QED) is 0.784. The number of nitrogens with one attached hydrogen (secondary N) is 1. The Morgan fingerprint density at radius 2 is 1.86 bits per heavy atom. The van der Waals surface area contributed by atoms with Crippen LogP contribution in [0.1, 0.15) is 23.2 Å². The minimum absolute atomic E-state index is 0.198. The summed E-state index contributed by atoms with van der Waals surface area (Å²) in [6.45, 7) is 0. The minimum Gasteiger partial charge on any atom is -0.338 e. The van der Waals surface area contributed by atoms with Crippen LogP contribution in [0.25, 0.3) is 0 Å². The topological polar surface area (TPSA) is 63.2 Å². The maximum atomic E-state index is 12.8. The zero-order chi connectivity index (χ0) is 16.1. The molecular weight excluding hydrogens is 399 g/mol. The van der Waals surface area contributed by atoms with Crippen LogP contribution in [-0.2, 0) is 9.05 Å². The zero-order valence-electron chi connectivity index (χ0n) is 10.2. The fraction of sp³-hybridized carbons (Fsp3) is 0.364. The maximum absolute atomic E-state index is 12.8. The van der Waals surface area contributed by atoms with Crippen molar-refractivity contribution in [3.05, 3.63) is 28.2 Å². The molecule has 1 fully saturated rings. The van der Waals surface area contributed by atoms with E-state index >= 15 is 0 Å². The molecule has 1 N–H and O–H groups in total. The van der Waals surface area contributed by atoms with Crippen LogP contribution in [0.15, 0.2) is 27.6 Å². The first-order valence-electron chi connectivity index (χ1n) is 5.59. The third kappa shape index (κ3) is 3.51. The predicted molar refractivity (Wildman–Crippen MR) is 72.7 cm³/mol. The summed E-state index contributed by atoms with van der Waals surface area (Å²) < 4.78 is 61.0. The normalized spacial score (nSPS) is 17.4. The number of carbonyl (C=O) groups excluding carboxylic acids is 1. The molecule has 4 nitrogen and oxygen atoms in total. The highest BCUT2D eigenvalue weighted by Crippen LogP contribution is 2.49. The summed E-state index contributed by atoms with van der Waals surface area (Å²) in [4.78, 5) is 11.5. The SMILES string of the molecule is O=C(NC1(C(F)(F)F)CC1)c1cc(Br)cc(S(=O)(=O)Cl)c1.